The molecule has 1 fully saturated rings. The van der Waals surface area contributed by atoms with Gasteiger partial charge in [0.2, 0.25) is 0 Å². The molecule has 0 aromatic heterocycles. The molecular formula is C16H20ClNO3. The number of aryl methyl sites for hydroxylation is 1. The molecule has 2 rings (SSSR count). The van der Waals surface area contributed by atoms with Crippen LogP contribution in [-0.2, 0) is 4.79 Å². The molecular weight excluding hydrogens is 290 g/mol. The second-order valence-electron chi connectivity index (χ2n) is 5.54. The molecule has 1 atom stereocenters. The van der Waals surface area contributed by atoms with Crippen molar-refractivity contribution in [2.75, 3.05) is 6.54 Å². The summed E-state index contributed by atoms with van der Waals surface area (Å²) in [5, 5.41) is 9.48. The maximum Gasteiger partial charge on any atom is 0.303 e. The highest BCUT2D eigenvalue weighted by Crippen LogP contribution is 2.24. The number of likely N-dealkylation sites (tertiary alicyclic amines) is 1. The van der Waals surface area contributed by atoms with Crippen LogP contribution in [-0.4, -0.2) is 34.5 Å². The van der Waals surface area contributed by atoms with Gasteiger partial charge in [0.15, 0.2) is 0 Å². The van der Waals surface area contributed by atoms with Crippen molar-refractivity contribution in [2.45, 2.75) is 45.1 Å². The van der Waals surface area contributed by atoms with Crippen LogP contribution in [0.1, 0.15) is 48.0 Å². The Hall–Kier alpha value is -1.55. The Morgan fingerprint density at radius 3 is 2.81 bits per heavy atom. The van der Waals surface area contributed by atoms with Crippen LogP contribution < -0.4 is 0 Å². The number of halogens is 1. The number of carbonyl (C=O) groups is 2. The first-order valence-electron chi connectivity index (χ1n) is 7.28. The number of aliphatic carboxylic acids is 1. The zero-order chi connectivity index (χ0) is 15.4. The first kappa shape index (κ1) is 15.8. The molecule has 0 spiro atoms. The largest absolute Gasteiger partial charge is 0.481 e. The van der Waals surface area contributed by atoms with Gasteiger partial charge < -0.3 is 10.0 Å². The van der Waals surface area contributed by atoms with Gasteiger partial charge >= 0.3 is 5.97 Å². The van der Waals surface area contributed by atoms with Gasteiger partial charge in [-0.25, -0.2) is 0 Å². The Morgan fingerprint density at radius 2 is 2.14 bits per heavy atom. The van der Waals surface area contributed by atoms with Gasteiger partial charge in [-0.3, -0.25) is 9.59 Å². The fourth-order valence-electron chi connectivity index (χ4n) is 2.80. The van der Waals surface area contributed by atoms with E-state index in [1.165, 1.54) is 0 Å². The van der Waals surface area contributed by atoms with Crippen LogP contribution in [0.3, 0.4) is 0 Å². The molecule has 1 saturated heterocycles. The summed E-state index contributed by atoms with van der Waals surface area (Å²) in [5.74, 6) is -0.833. The molecule has 0 saturated carbocycles. The molecule has 0 aliphatic carbocycles. The minimum Gasteiger partial charge on any atom is -0.481 e. The predicted molar refractivity (Wildman–Crippen MR) is 81.7 cm³/mol. The summed E-state index contributed by atoms with van der Waals surface area (Å²) >= 11 is 5.99. The molecule has 114 valence electrons. The van der Waals surface area contributed by atoms with E-state index < -0.39 is 5.97 Å². The Balaban J connectivity index is 2.13. The summed E-state index contributed by atoms with van der Waals surface area (Å²) in [5.41, 5.74) is 1.50. The lowest BCUT2D eigenvalue weighted by Gasteiger charge is -2.35. The van der Waals surface area contributed by atoms with Crippen LogP contribution in [0.25, 0.3) is 0 Å². The molecule has 21 heavy (non-hydrogen) atoms. The molecule has 5 heteroatoms. The Labute approximate surface area is 129 Å². The van der Waals surface area contributed by atoms with E-state index in [1.807, 2.05) is 11.8 Å². The summed E-state index contributed by atoms with van der Waals surface area (Å²) in [6.07, 6.45) is 3.53. The Morgan fingerprint density at radius 1 is 1.38 bits per heavy atom. The van der Waals surface area contributed by atoms with Gasteiger partial charge in [0, 0.05) is 29.6 Å². The third kappa shape index (κ3) is 3.97. The van der Waals surface area contributed by atoms with E-state index in [2.05, 4.69) is 0 Å². The highest BCUT2D eigenvalue weighted by Gasteiger charge is 2.27. The van der Waals surface area contributed by atoms with Crippen LogP contribution in [0.5, 0.6) is 0 Å². The van der Waals surface area contributed by atoms with Crippen molar-refractivity contribution in [2.24, 2.45) is 0 Å². The quantitative estimate of drug-likeness (QED) is 0.926. The molecule has 1 aromatic carbocycles. The van der Waals surface area contributed by atoms with Crippen molar-refractivity contribution < 1.29 is 14.7 Å². The third-order valence-electron chi connectivity index (χ3n) is 3.98. The normalized spacial score (nSPS) is 18.6. The van der Waals surface area contributed by atoms with E-state index in [9.17, 15) is 9.59 Å². The van der Waals surface area contributed by atoms with Crippen LogP contribution in [0.2, 0.25) is 5.02 Å². The molecule has 0 bridgehead atoms. The summed E-state index contributed by atoms with van der Waals surface area (Å²) in [6.45, 7) is 2.57. The van der Waals surface area contributed by atoms with E-state index in [0.717, 1.165) is 24.8 Å². The summed E-state index contributed by atoms with van der Waals surface area (Å²) < 4.78 is 0. The average Bonchev–Trinajstić information content (AvgIpc) is 2.47. The molecule has 0 radical (unpaired) electrons. The zero-order valence-electron chi connectivity index (χ0n) is 12.1. The van der Waals surface area contributed by atoms with Crippen molar-refractivity contribution >= 4 is 23.5 Å². The van der Waals surface area contributed by atoms with Gasteiger partial charge in [-0.1, -0.05) is 11.6 Å². The first-order chi connectivity index (χ1) is 9.99. The number of rotatable bonds is 4. The predicted octanol–water partition coefficient (Wildman–Crippen LogP) is 3.51. The smallest absolute Gasteiger partial charge is 0.303 e. The minimum atomic E-state index is -0.810. The number of piperidine rings is 1. The Kier molecular flexibility index (Phi) is 5.23. The van der Waals surface area contributed by atoms with Crippen molar-refractivity contribution in [1.82, 2.24) is 4.90 Å². The van der Waals surface area contributed by atoms with Gasteiger partial charge in [-0.05, 0) is 56.4 Å². The fraction of sp³-hybridized carbons (Fsp3) is 0.500. The molecule has 1 aromatic rings. The number of amides is 1. The number of carbonyl (C=O) groups excluding carboxylic acids is 1. The number of nitrogens with zero attached hydrogens (tertiary/aromatic N) is 1. The SMILES string of the molecule is Cc1cc(C(=O)N2CCCCC2CCC(=O)O)ccc1Cl. The standard InChI is InChI=1S/C16H20ClNO3/c1-11-10-12(5-7-14(11)17)16(21)18-9-3-2-4-13(18)6-8-15(19)20/h5,7,10,13H,2-4,6,8-9H2,1H3,(H,19,20). The minimum absolute atomic E-state index is 0.0233. The van der Waals surface area contributed by atoms with E-state index in [1.54, 1.807) is 18.2 Å². The topological polar surface area (TPSA) is 57.6 Å². The van der Waals surface area contributed by atoms with Gasteiger partial charge in [0.05, 0.1) is 0 Å². The third-order valence-corrected chi connectivity index (χ3v) is 4.41. The molecule has 1 amide bonds. The molecule has 4 nitrogen and oxygen atoms in total. The first-order valence-corrected chi connectivity index (χ1v) is 7.65. The van der Waals surface area contributed by atoms with Gasteiger partial charge in [-0.2, -0.15) is 0 Å². The summed E-state index contributed by atoms with van der Waals surface area (Å²) in [6, 6.07) is 5.30. The van der Waals surface area contributed by atoms with Gasteiger partial charge in [0.25, 0.3) is 5.91 Å². The lowest BCUT2D eigenvalue weighted by atomic mass is 9.96. The van der Waals surface area contributed by atoms with Crippen molar-refractivity contribution in [1.29, 1.82) is 0 Å². The second-order valence-corrected chi connectivity index (χ2v) is 5.95. The maximum atomic E-state index is 12.7. The molecule has 1 aliphatic heterocycles. The molecule has 1 unspecified atom stereocenters. The Bertz CT molecular complexity index is 544. The van der Waals surface area contributed by atoms with Crippen molar-refractivity contribution in [3.05, 3.63) is 34.3 Å². The number of benzene rings is 1. The van der Waals surface area contributed by atoms with Crippen LogP contribution in [0, 0.1) is 6.92 Å². The number of hydrogen-bond donors (Lipinski definition) is 1. The summed E-state index contributed by atoms with van der Waals surface area (Å²) in [4.78, 5) is 25.2. The van der Waals surface area contributed by atoms with E-state index >= 15 is 0 Å². The van der Waals surface area contributed by atoms with Crippen LogP contribution in [0.15, 0.2) is 18.2 Å². The number of carboxylic acids is 1. The maximum absolute atomic E-state index is 12.7. The van der Waals surface area contributed by atoms with E-state index in [0.29, 0.717) is 23.6 Å². The monoisotopic (exact) mass is 309 g/mol. The zero-order valence-corrected chi connectivity index (χ0v) is 12.9. The van der Waals surface area contributed by atoms with Crippen molar-refractivity contribution in [3.63, 3.8) is 0 Å². The fourth-order valence-corrected chi connectivity index (χ4v) is 2.92. The number of hydrogen-bond acceptors (Lipinski definition) is 2. The second kappa shape index (κ2) is 6.94. The van der Waals surface area contributed by atoms with Gasteiger partial charge in [0.1, 0.15) is 0 Å². The van der Waals surface area contributed by atoms with E-state index in [4.69, 9.17) is 16.7 Å². The molecule has 1 N–H and O–H groups in total. The molecule has 1 heterocycles. The van der Waals surface area contributed by atoms with Crippen LogP contribution in [0.4, 0.5) is 0 Å². The highest BCUT2D eigenvalue weighted by atomic mass is 35.5. The lowest BCUT2D eigenvalue weighted by Crippen LogP contribution is -2.44. The number of carboxylic acid groups (broad SMARTS) is 1. The highest BCUT2D eigenvalue weighted by molar-refractivity contribution is 6.31. The van der Waals surface area contributed by atoms with E-state index in [-0.39, 0.29) is 18.4 Å². The van der Waals surface area contributed by atoms with Crippen molar-refractivity contribution in [3.8, 4) is 0 Å². The summed E-state index contributed by atoms with van der Waals surface area (Å²) in [7, 11) is 0. The molecule has 1 aliphatic rings. The van der Waals surface area contributed by atoms with Gasteiger partial charge in [-0.15, -0.1) is 0 Å². The lowest BCUT2D eigenvalue weighted by molar-refractivity contribution is -0.137. The van der Waals surface area contributed by atoms with Crippen LogP contribution >= 0.6 is 11.6 Å². The average molecular weight is 310 g/mol.